The Morgan fingerprint density at radius 2 is 0.476 bits per heavy atom. The molecule has 0 aliphatic rings. The average molecular weight is 1150 g/mol. The molecule has 1 unspecified atom stereocenters. The lowest BCUT2D eigenvalue weighted by atomic mass is 10.0. The first kappa shape index (κ1) is 79.1. The van der Waals surface area contributed by atoms with Gasteiger partial charge in [0.2, 0.25) is 0 Å². The molecule has 0 saturated heterocycles. The standard InChI is InChI=1S/C76H138O6/c1-4-7-10-13-16-19-21-23-25-27-29-31-33-35-36-37-38-39-40-42-43-45-47-49-51-53-55-57-60-63-66-69-75(78)81-72-73(71-80-74(77)68-65-62-59-18-15-12-9-6-3)82-76(79)70-67-64-61-58-56-54-52-50-48-46-44-41-34-32-30-28-26-24-22-20-17-14-11-8-5-2/h7,10,16,19,23,25,28-31,73H,4-6,8-9,11-15,17-18,20-22,24,26-27,32-72H2,1-3H3/b10-7-,19-16-,25-23-,30-28-,31-29-. The second kappa shape index (κ2) is 70.6. The van der Waals surface area contributed by atoms with Gasteiger partial charge in [-0.3, -0.25) is 14.4 Å². The van der Waals surface area contributed by atoms with Gasteiger partial charge < -0.3 is 14.2 Å². The lowest BCUT2D eigenvalue weighted by Crippen LogP contribution is -2.30. The first-order chi connectivity index (χ1) is 40.5. The van der Waals surface area contributed by atoms with Crippen molar-refractivity contribution in [3.63, 3.8) is 0 Å². The molecule has 0 aromatic heterocycles. The van der Waals surface area contributed by atoms with E-state index in [1.54, 1.807) is 0 Å². The molecule has 0 heterocycles. The first-order valence-corrected chi connectivity index (χ1v) is 36.3. The maximum Gasteiger partial charge on any atom is 0.306 e. The van der Waals surface area contributed by atoms with Crippen LogP contribution in [0.25, 0.3) is 0 Å². The summed E-state index contributed by atoms with van der Waals surface area (Å²) in [7, 11) is 0. The van der Waals surface area contributed by atoms with Gasteiger partial charge in [-0.15, -0.1) is 0 Å². The first-order valence-electron chi connectivity index (χ1n) is 36.3. The van der Waals surface area contributed by atoms with Crippen molar-refractivity contribution >= 4 is 17.9 Å². The van der Waals surface area contributed by atoms with Crippen LogP contribution in [-0.2, 0) is 28.6 Å². The summed E-state index contributed by atoms with van der Waals surface area (Å²) in [5, 5.41) is 0. The van der Waals surface area contributed by atoms with Crippen LogP contribution >= 0.6 is 0 Å². The second-order valence-corrected chi connectivity index (χ2v) is 24.5. The largest absolute Gasteiger partial charge is 0.462 e. The molecule has 0 fully saturated rings. The van der Waals surface area contributed by atoms with Crippen molar-refractivity contribution in [3.8, 4) is 0 Å². The molecular formula is C76H138O6. The third-order valence-corrected chi connectivity index (χ3v) is 16.3. The van der Waals surface area contributed by atoms with Crippen molar-refractivity contribution in [1.82, 2.24) is 0 Å². The van der Waals surface area contributed by atoms with Gasteiger partial charge in [0, 0.05) is 19.3 Å². The van der Waals surface area contributed by atoms with E-state index in [9.17, 15) is 14.4 Å². The van der Waals surface area contributed by atoms with Gasteiger partial charge in [0.05, 0.1) is 0 Å². The van der Waals surface area contributed by atoms with E-state index in [2.05, 4.69) is 81.5 Å². The van der Waals surface area contributed by atoms with Gasteiger partial charge in [0.25, 0.3) is 0 Å². The van der Waals surface area contributed by atoms with Crippen molar-refractivity contribution in [2.75, 3.05) is 13.2 Å². The zero-order chi connectivity index (χ0) is 59.2. The van der Waals surface area contributed by atoms with Gasteiger partial charge in [-0.1, -0.05) is 345 Å². The maximum absolute atomic E-state index is 12.9. The molecule has 0 bridgehead atoms. The zero-order valence-corrected chi connectivity index (χ0v) is 55.0. The Morgan fingerprint density at radius 3 is 0.756 bits per heavy atom. The van der Waals surface area contributed by atoms with Crippen LogP contribution in [0.15, 0.2) is 60.8 Å². The lowest BCUT2D eigenvalue weighted by molar-refractivity contribution is -0.167. The highest BCUT2D eigenvalue weighted by Gasteiger charge is 2.19. The third-order valence-electron chi connectivity index (χ3n) is 16.3. The molecule has 0 aromatic rings. The quantitative estimate of drug-likeness (QED) is 0.0261. The minimum Gasteiger partial charge on any atom is -0.462 e. The van der Waals surface area contributed by atoms with E-state index in [0.29, 0.717) is 19.3 Å². The smallest absolute Gasteiger partial charge is 0.306 e. The maximum atomic E-state index is 12.9. The summed E-state index contributed by atoms with van der Waals surface area (Å²) in [5.41, 5.74) is 0. The number of rotatable bonds is 67. The molecule has 0 radical (unpaired) electrons. The van der Waals surface area contributed by atoms with E-state index in [1.165, 1.54) is 263 Å². The highest BCUT2D eigenvalue weighted by atomic mass is 16.6. The highest BCUT2D eigenvalue weighted by molar-refractivity contribution is 5.71. The Morgan fingerprint density at radius 1 is 0.256 bits per heavy atom. The van der Waals surface area contributed by atoms with E-state index in [4.69, 9.17) is 14.2 Å². The van der Waals surface area contributed by atoms with Crippen molar-refractivity contribution in [1.29, 1.82) is 0 Å². The Bertz CT molecular complexity index is 1460. The molecule has 6 nitrogen and oxygen atoms in total. The summed E-state index contributed by atoms with van der Waals surface area (Å²) < 4.78 is 16.9. The van der Waals surface area contributed by atoms with Crippen LogP contribution in [0.3, 0.4) is 0 Å². The summed E-state index contributed by atoms with van der Waals surface area (Å²) in [4.78, 5) is 38.3. The van der Waals surface area contributed by atoms with Crippen LogP contribution < -0.4 is 0 Å². The number of allylic oxidation sites excluding steroid dienone is 10. The number of carbonyl (C=O) groups excluding carboxylic acids is 3. The fourth-order valence-electron chi connectivity index (χ4n) is 10.8. The normalized spacial score (nSPS) is 12.4. The minimum absolute atomic E-state index is 0.0682. The highest BCUT2D eigenvalue weighted by Crippen LogP contribution is 2.18. The van der Waals surface area contributed by atoms with Gasteiger partial charge >= 0.3 is 17.9 Å². The van der Waals surface area contributed by atoms with E-state index in [1.807, 2.05) is 0 Å². The van der Waals surface area contributed by atoms with Crippen LogP contribution in [0, 0.1) is 0 Å². The van der Waals surface area contributed by atoms with Crippen molar-refractivity contribution in [3.05, 3.63) is 60.8 Å². The third kappa shape index (κ3) is 67.9. The van der Waals surface area contributed by atoms with Gasteiger partial charge in [-0.25, -0.2) is 0 Å². The van der Waals surface area contributed by atoms with E-state index >= 15 is 0 Å². The number of esters is 3. The van der Waals surface area contributed by atoms with E-state index < -0.39 is 6.10 Å². The molecule has 0 aliphatic heterocycles. The molecule has 0 amide bonds. The Labute approximate surface area is 510 Å². The number of carbonyl (C=O) groups is 3. The topological polar surface area (TPSA) is 78.9 Å². The summed E-state index contributed by atoms with van der Waals surface area (Å²) in [6, 6.07) is 0. The Hall–Kier alpha value is -2.89. The molecule has 0 spiro atoms. The molecule has 82 heavy (non-hydrogen) atoms. The predicted octanol–water partition coefficient (Wildman–Crippen LogP) is 25.1. The van der Waals surface area contributed by atoms with Crippen LogP contribution in [0.2, 0.25) is 0 Å². The molecule has 0 saturated carbocycles. The van der Waals surface area contributed by atoms with Crippen LogP contribution in [0.4, 0.5) is 0 Å². The zero-order valence-electron chi connectivity index (χ0n) is 55.0. The SMILES string of the molecule is CC/C=C\C/C=C\C/C=C\C/C=C\CCCCCCCCCCCCCCCCCCCCC(=O)OCC(COC(=O)CCCCCCCCCC)OC(=O)CCCCCCCCCCCCCCC/C=C\CCCCCCCCCC. The van der Waals surface area contributed by atoms with Gasteiger partial charge in [0.15, 0.2) is 6.10 Å². The summed E-state index contributed by atoms with van der Waals surface area (Å²) in [6.07, 6.45) is 91.4. The lowest BCUT2D eigenvalue weighted by Gasteiger charge is -2.18. The van der Waals surface area contributed by atoms with Crippen molar-refractivity contribution in [2.24, 2.45) is 0 Å². The Kier molecular flexibility index (Phi) is 68.1. The molecule has 0 N–H and O–H groups in total. The van der Waals surface area contributed by atoms with Crippen molar-refractivity contribution in [2.45, 2.75) is 393 Å². The number of unbranched alkanes of at least 4 members (excludes halogenated alkanes) is 46. The number of hydrogen-bond acceptors (Lipinski definition) is 6. The van der Waals surface area contributed by atoms with Gasteiger partial charge in [0.1, 0.15) is 13.2 Å². The fourth-order valence-corrected chi connectivity index (χ4v) is 10.8. The molecule has 0 rings (SSSR count). The summed E-state index contributed by atoms with van der Waals surface area (Å²) in [6.45, 7) is 6.56. The predicted molar refractivity (Wildman–Crippen MR) is 358 cm³/mol. The van der Waals surface area contributed by atoms with Gasteiger partial charge in [-0.2, -0.15) is 0 Å². The summed E-state index contributed by atoms with van der Waals surface area (Å²) >= 11 is 0. The fraction of sp³-hybridized carbons (Fsp3) is 0.829. The molecule has 0 aromatic carbocycles. The van der Waals surface area contributed by atoms with Crippen molar-refractivity contribution < 1.29 is 28.6 Å². The summed E-state index contributed by atoms with van der Waals surface area (Å²) in [5.74, 6) is -0.847. The monoisotopic (exact) mass is 1150 g/mol. The molecule has 478 valence electrons. The number of hydrogen-bond donors (Lipinski definition) is 0. The average Bonchev–Trinajstić information content (AvgIpc) is 3.47. The second-order valence-electron chi connectivity index (χ2n) is 24.5. The molecule has 6 heteroatoms. The molecule has 0 aliphatic carbocycles. The Balaban J connectivity index is 4.04. The van der Waals surface area contributed by atoms with Crippen LogP contribution in [0.5, 0.6) is 0 Å². The van der Waals surface area contributed by atoms with Crippen LogP contribution in [-0.4, -0.2) is 37.2 Å². The van der Waals surface area contributed by atoms with Gasteiger partial charge in [-0.05, 0) is 83.5 Å². The van der Waals surface area contributed by atoms with Crippen LogP contribution in [0.1, 0.15) is 387 Å². The minimum atomic E-state index is -0.770. The number of ether oxygens (including phenoxy) is 3. The molecular weight excluding hydrogens is 1010 g/mol. The van der Waals surface area contributed by atoms with E-state index in [-0.39, 0.29) is 31.1 Å². The van der Waals surface area contributed by atoms with E-state index in [0.717, 1.165) is 83.5 Å². The molecule has 1 atom stereocenters.